The zero-order chi connectivity index (χ0) is 7.11. The standard InChI is InChI=1S/C6H6S.C2H6.H2O/c7-6-4-2-1-3-5-6;1-2;/h1-5,7H;1-2H3;1H2. The average molecular weight is 158 g/mol. The quantitative estimate of drug-likeness (QED) is 0.561. The van der Waals surface area contributed by atoms with Crippen molar-refractivity contribution in [1.82, 2.24) is 0 Å². The van der Waals surface area contributed by atoms with Gasteiger partial charge in [0.15, 0.2) is 0 Å². The van der Waals surface area contributed by atoms with Gasteiger partial charge in [-0.1, -0.05) is 32.0 Å². The van der Waals surface area contributed by atoms with Crippen LogP contribution < -0.4 is 0 Å². The second-order valence-electron chi connectivity index (χ2n) is 1.34. The van der Waals surface area contributed by atoms with Gasteiger partial charge in [0.2, 0.25) is 0 Å². The third-order valence-electron chi connectivity index (χ3n) is 0.756. The van der Waals surface area contributed by atoms with E-state index in [0.29, 0.717) is 0 Å². The maximum absolute atomic E-state index is 4.08. The minimum atomic E-state index is 0. The van der Waals surface area contributed by atoms with Gasteiger partial charge in [0.25, 0.3) is 0 Å². The third-order valence-corrected chi connectivity index (χ3v) is 1.05. The fraction of sp³-hybridized carbons (Fsp3) is 0.250. The molecule has 0 saturated carbocycles. The van der Waals surface area contributed by atoms with Crippen molar-refractivity contribution in [3.63, 3.8) is 0 Å². The van der Waals surface area contributed by atoms with E-state index in [-0.39, 0.29) is 5.48 Å². The molecule has 0 atom stereocenters. The first-order valence-electron chi connectivity index (χ1n) is 3.13. The van der Waals surface area contributed by atoms with Crippen LogP contribution in [0.1, 0.15) is 13.8 Å². The molecule has 0 aliphatic heterocycles. The van der Waals surface area contributed by atoms with E-state index in [1.54, 1.807) is 0 Å². The van der Waals surface area contributed by atoms with Crippen molar-refractivity contribution in [3.05, 3.63) is 30.3 Å². The summed E-state index contributed by atoms with van der Waals surface area (Å²) >= 11 is 4.08. The molecule has 58 valence electrons. The Morgan fingerprint density at radius 2 is 1.40 bits per heavy atom. The summed E-state index contributed by atoms with van der Waals surface area (Å²) in [5.41, 5.74) is 0. The van der Waals surface area contributed by atoms with Gasteiger partial charge in [0.05, 0.1) is 0 Å². The summed E-state index contributed by atoms with van der Waals surface area (Å²) in [6.07, 6.45) is 0. The zero-order valence-electron chi connectivity index (χ0n) is 6.33. The molecule has 1 aromatic carbocycles. The largest absolute Gasteiger partial charge is 0.412 e. The van der Waals surface area contributed by atoms with E-state index >= 15 is 0 Å². The summed E-state index contributed by atoms with van der Waals surface area (Å²) in [4.78, 5) is 1.02. The van der Waals surface area contributed by atoms with Crippen molar-refractivity contribution >= 4 is 12.6 Å². The molecule has 2 heteroatoms. The summed E-state index contributed by atoms with van der Waals surface area (Å²) in [5.74, 6) is 0. The van der Waals surface area contributed by atoms with E-state index in [9.17, 15) is 0 Å². The van der Waals surface area contributed by atoms with Crippen LogP contribution in [0.4, 0.5) is 0 Å². The highest BCUT2D eigenvalue weighted by molar-refractivity contribution is 7.80. The van der Waals surface area contributed by atoms with Crippen LogP contribution in [0.3, 0.4) is 0 Å². The average Bonchev–Trinajstić information content (AvgIpc) is 1.94. The molecule has 0 heterocycles. The van der Waals surface area contributed by atoms with E-state index in [4.69, 9.17) is 0 Å². The Balaban J connectivity index is 0. The molecular formula is C8H14OS. The van der Waals surface area contributed by atoms with Crippen LogP contribution in [0.2, 0.25) is 0 Å². The summed E-state index contributed by atoms with van der Waals surface area (Å²) < 4.78 is 0. The third kappa shape index (κ3) is 5.66. The molecular weight excluding hydrogens is 144 g/mol. The number of benzene rings is 1. The lowest BCUT2D eigenvalue weighted by atomic mass is 10.4. The molecule has 0 radical (unpaired) electrons. The highest BCUT2D eigenvalue weighted by Gasteiger charge is 1.73. The van der Waals surface area contributed by atoms with Crippen LogP contribution >= 0.6 is 12.6 Å². The Kier molecular flexibility index (Phi) is 10.4. The first-order chi connectivity index (χ1) is 4.39. The first kappa shape index (κ1) is 12.2. The SMILES string of the molecule is CC.O.Sc1ccccc1. The lowest BCUT2D eigenvalue weighted by Crippen LogP contribution is -1.56. The molecule has 0 aliphatic rings. The van der Waals surface area contributed by atoms with Crippen molar-refractivity contribution in [2.24, 2.45) is 0 Å². The number of hydrogen-bond acceptors (Lipinski definition) is 1. The lowest BCUT2D eigenvalue weighted by Gasteiger charge is -1.81. The Labute approximate surface area is 67.8 Å². The zero-order valence-corrected chi connectivity index (χ0v) is 7.23. The van der Waals surface area contributed by atoms with Crippen LogP contribution in [0.5, 0.6) is 0 Å². The van der Waals surface area contributed by atoms with Crippen molar-refractivity contribution in [1.29, 1.82) is 0 Å². The summed E-state index contributed by atoms with van der Waals surface area (Å²) in [5, 5.41) is 0. The molecule has 10 heavy (non-hydrogen) atoms. The van der Waals surface area contributed by atoms with Gasteiger partial charge in [-0.25, -0.2) is 0 Å². The second-order valence-corrected chi connectivity index (χ2v) is 1.85. The predicted octanol–water partition coefficient (Wildman–Crippen LogP) is 2.18. The number of hydrogen-bond donors (Lipinski definition) is 1. The van der Waals surface area contributed by atoms with Crippen LogP contribution in [-0.2, 0) is 0 Å². The van der Waals surface area contributed by atoms with Gasteiger partial charge in [-0.2, -0.15) is 0 Å². The normalized spacial score (nSPS) is 6.70. The van der Waals surface area contributed by atoms with E-state index < -0.39 is 0 Å². The smallest absolute Gasteiger partial charge is 0.00399 e. The van der Waals surface area contributed by atoms with E-state index in [2.05, 4.69) is 12.6 Å². The van der Waals surface area contributed by atoms with Crippen molar-refractivity contribution < 1.29 is 5.48 Å². The maximum Gasteiger partial charge on any atom is 0.00399 e. The molecule has 1 rings (SSSR count). The molecule has 1 nitrogen and oxygen atoms in total. The Morgan fingerprint density at radius 3 is 1.60 bits per heavy atom. The van der Waals surface area contributed by atoms with Gasteiger partial charge in [-0.3, -0.25) is 0 Å². The van der Waals surface area contributed by atoms with Crippen molar-refractivity contribution in [3.8, 4) is 0 Å². The van der Waals surface area contributed by atoms with E-state index in [0.717, 1.165) is 4.90 Å². The monoisotopic (exact) mass is 158 g/mol. The molecule has 0 aromatic heterocycles. The fourth-order valence-corrected chi connectivity index (χ4v) is 0.600. The van der Waals surface area contributed by atoms with Gasteiger partial charge in [0.1, 0.15) is 0 Å². The lowest BCUT2D eigenvalue weighted by molar-refractivity contribution is 0.824. The molecule has 0 aliphatic carbocycles. The van der Waals surface area contributed by atoms with Crippen LogP contribution in [0.15, 0.2) is 35.2 Å². The number of rotatable bonds is 0. The number of thiol groups is 1. The van der Waals surface area contributed by atoms with Crippen LogP contribution in [-0.4, -0.2) is 5.48 Å². The maximum atomic E-state index is 4.08. The minimum absolute atomic E-state index is 0. The Hall–Kier alpha value is -0.470. The minimum Gasteiger partial charge on any atom is -0.412 e. The molecule has 0 spiro atoms. The highest BCUT2D eigenvalue weighted by Crippen LogP contribution is 2.00. The van der Waals surface area contributed by atoms with E-state index in [1.165, 1.54) is 0 Å². The molecule has 0 unspecified atom stereocenters. The van der Waals surface area contributed by atoms with Crippen molar-refractivity contribution in [2.75, 3.05) is 0 Å². The molecule has 1 aromatic rings. The summed E-state index contributed by atoms with van der Waals surface area (Å²) in [6.45, 7) is 4.00. The van der Waals surface area contributed by atoms with Gasteiger partial charge in [0, 0.05) is 4.90 Å². The summed E-state index contributed by atoms with van der Waals surface area (Å²) in [6, 6.07) is 9.79. The summed E-state index contributed by atoms with van der Waals surface area (Å²) in [7, 11) is 0. The van der Waals surface area contributed by atoms with E-state index in [1.807, 2.05) is 44.2 Å². The fourth-order valence-electron chi connectivity index (χ4n) is 0.428. The highest BCUT2D eigenvalue weighted by atomic mass is 32.1. The van der Waals surface area contributed by atoms with Gasteiger partial charge >= 0.3 is 0 Å². The first-order valence-corrected chi connectivity index (χ1v) is 3.58. The van der Waals surface area contributed by atoms with Gasteiger partial charge < -0.3 is 5.48 Å². The van der Waals surface area contributed by atoms with Crippen molar-refractivity contribution in [2.45, 2.75) is 18.7 Å². The topological polar surface area (TPSA) is 31.5 Å². The molecule has 0 saturated heterocycles. The second kappa shape index (κ2) is 8.53. The van der Waals surface area contributed by atoms with Crippen LogP contribution in [0.25, 0.3) is 0 Å². The van der Waals surface area contributed by atoms with Gasteiger partial charge in [-0.05, 0) is 12.1 Å². The molecule has 0 bridgehead atoms. The predicted molar refractivity (Wildman–Crippen MR) is 48.7 cm³/mol. The molecule has 0 amide bonds. The van der Waals surface area contributed by atoms with Crippen LogP contribution in [0, 0.1) is 0 Å². The van der Waals surface area contributed by atoms with Gasteiger partial charge in [-0.15, -0.1) is 12.6 Å². The molecule has 2 N–H and O–H groups in total. The Bertz CT molecular complexity index is 139. The Morgan fingerprint density at radius 1 is 1.00 bits per heavy atom. The molecule has 0 fully saturated rings.